The van der Waals surface area contributed by atoms with Gasteiger partial charge in [-0.25, -0.2) is 4.98 Å². The highest BCUT2D eigenvalue weighted by Gasteiger charge is 2.07. The van der Waals surface area contributed by atoms with Crippen LogP contribution in [0.2, 0.25) is 0 Å². The zero-order valence-corrected chi connectivity index (χ0v) is 16.5. The minimum Gasteiger partial charge on any atom is -0.481 e. The molecule has 0 radical (unpaired) electrons. The Balaban J connectivity index is 1.72. The van der Waals surface area contributed by atoms with Gasteiger partial charge in [0.2, 0.25) is 0 Å². The smallest absolute Gasteiger partial charge is 0.309 e. The van der Waals surface area contributed by atoms with E-state index in [1.54, 1.807) is 5.38 Å². The van der Waals surface area contributed by atoms with Crippen LogP contribution in [0.4, 0.5) is 10.8 Å². The number of aliphatic carboxylic acids is 1. The Hall–Kier alpha value is -3.25. The van der Waals surface area contributed by atoms with Gasteiger partial charge in [-0.2, -0.15) is 0 Å². The number of allylic oxidation sites excluding steroid dienone is 1. The molecule has 0 aliphatic carbocycles. The van der Waals surface area contributed by atoms with E-state index < -0.39 is 5.97 Å². The van der Waals surface area contributed by atoms with Crippen LogP contribution in [-0.4, -0.2) is 21.8 Å². The summed E-state index contributed by atoms with van der Waals surface area (Å²) in [6.45, 7) is 3.98. The summed E-state index contributed by atoms with van der Waals surface area (Å²) in [7, 11) is 0. The van der Waals surface area contributed by atoms with Gasteiger partial charge >= 0.3 is 5.97 Å². The second-order valence-corrected chi connectivity index (χ2v) is 7.01. The lowest BCUT2D eigenvalue weighted by Crippen LogP contribution is -2.00. The molecule has 1 heterocycles. The highest BCUT2D eigenvalue weighted by atomic mass is 32.1. The summed E-state index contributed by atoms with van der Waals surface area (Å²) in [4.78, 5) is 19.8. The van der Waals surface area contributed by atoms with Crippen LogP contribution in [0.15, 0.2) is 71.0 Å². The van der Waals surface area contributed by atoms with E-state index in [2.05, 4.69) is 10.3 Å². The molecule has 3 rings (SSSR count). The third-order valence-corrected chi connectivity index (χ3v) is 4.88. The second-order valence-electron chi connectivity index (χ2n) is 6.15. The number of hydrogen-bond acceptors (Lipinski definition) is 5. The molecule has 0 fully saturated rings. The van der Waals surface area contributed by atoms with Gasteiger partial charge in [0.05, 0.1) is 17.8 Å². The Morgan fingerprint density at radius 3 is 2.50 bits per heavy atom. The number of carbonyl (C=O) groups is 1. The van der Waals surface area contributed by atoms with Crippen molar-refractivity contribution >= 4 is 39.5 Å². The number of aliphatic imine (C=N–C) groups is 1. The van der Waals surface area contributed by atoms with Gasteiger partial charge in [0.1, 0.15) is 0 Å². The number of nitrogens with zero attached hydrogens (tertiary/aromatic N) is 2. The third-order valence-electron chi connectivity index (χ3n) is 4.07. The summed E-state index contributed by atoms with van der Waals surface area (Å²) in [6, 6.07) is 18.0. The maximum absolute atomic E-state index is 10.8. The average molecular weight is 391 g/mol. The highest BCUT2D eigenvalue weighted by Crippen LogP contribution is 2.24. The van der Waals surface area contributed by atoms with Crippen molar-refractivity contribution in [2.45, 2.75) is 20.3 Å². The lowest BCUT2D eigenvalue weighted by atomic mass is 10.1. The Bertz CT molecular complexity index is 1010. The lowest BCUT2D eigenvalue weighted by Gasteiger charge is -2.07. The summed E-state index contributed by atoms with van der Waals surface area (Å²) in [5.41, 5.74) is 5.43. The van der Waals surface area contributed by atoms with E-state index in [0.29, 0.717) is 10.8 Å². The predicted octanol–water partition coefficient (Wildman–Crippen LogP) is 5.38. The minimum absolute atomic E-state index is 0.0689. The topological polar surface area (TPSA) is 74.6 Å². The zero-order valence-electron chi connectivity index (χ0n) is 15.7. The number of anilines is 2. The molecule has 0 aliphatic heterocycles. The molecule has 0 aliphatic rings. The number of benzene rings is 2. The Morgan fingerprint density at radius 1 is 1.14 bits per heavy atom. The first-order valence-corrected chi connectivity index (χ1v) is 9.74. The van der Waals surface area contributed by atoms with Crippen molar-refractivity contribution < 1.29 is 9.90 Å². The van der Waals surface area contributed by atoms with Crippen LogP contribution in [0.5, 0.6) is 0 Å². The van der Waals surface area contributed by atoms with Crippen molar-refractivity contribution in [1.29, 1.82) is 0 Å². The molecule has 0 saturated heterocycles. The fourth-order valence-electron chi connectivity index (χ4n) is 2.67. The van der Waals surface area contributed by atoms with Crippen molar-refractivity contribution in [2.24, 2.45) is 4.99 Å². The standard InChI is InChI=1S/C22H21N3O2S/c1-3-20(23-15(2)16-7-5-4-6-8-16)17-9-11-18(12-10-17)24-22-25-19(14-28-22)13-21(26)27/h3-12,14H,13H2,1-2H3,(H,24,25)(H,26,27)/b20-3-,23-15?. The lowest BCUT2D eigenvalue weighted by molar-refractivity contribution is -0.136. The first-order valence-electron chi connectivity index (χ1n) is 8.86. The number of hydrogen-bond donors (Lipinski definition) is 2. The molecule has 2 aromatic carbocycles. The van der Waals surface area contributed by atoms with Gasteiger partial charge in [-0.05, 0) is 37.1 Å². The van der Waals surface area contributed by atoms with Crippen molar-refractivity contribution in [3.05, 3.63) is 82.9 Å². The molecular formula is C22H21N3O2S. The highest BCUT2D eigenvalue weighted by molar-refractivity contribution is 7.13. The summed E-state index contributed by atoms with van der Waals surface area (Å²) < 4.78 is 0. The maximum atomic E-state index is 10.8. The SMILES string of the molecule is C/C=C(\N=C(C)c1ccccc1)c1ccc(Nc2nc(CC(=O)O)cs2)cc1. The fourth-order valence-corrected chi connectivity index (χ4v) is 3.40. The van der Waals surface area contributed by atoms with E-state index in [4.69, 9.17) is 10.1 Å². The average Bonchev–Trinajstić information content (AvgIpc) is 3.13. The molecule has 6 heteroatoms. The molecule has 0 spiro atoms. The molecule has 1 aromatic heterocycles. The number of nitrogens with one attached hydrogen (secondary N) is 1. The number of aromatic nitrogens is 1. The first-order chi connectivity index (χ1) is 13.5. The monoisotopic (exact) mass is 391 g/mol. The summed E-state index contributed by atoms with van der Waals surface area (Å²) in [5.74, 6) is -0.883. The number of carboxylic acid groups (broad SMARTS) is 1. The summed E-state index contributed by atoms with van der Waals surface area (Å²) >= 11 is 1.39. The Labute approximate surface area is 168 Å². The molecule has 2 N–H and O–H groups in total. The van der Waals surface area contributed by atoms with E-state index in [9.17, 15) is 4.79 Å². The predicted molar refractivity (Wildman–Crippen MR) is 115 cm³/mol. The molecule has 28 heavy (non-hydrogen) atoms. The van der Waals surface area contributed by atoms with Crippen LogP contribution in [-0.2, 0) is 11.2 Å². The first kappa shape index (κ1) is 19.5. The molecule has 3 aromatic rings. The van der Waals surface area contributed by atoms with Gasteiger partial charge in [0, 0.05) is 16.8 Å². The second kappa shape index (κ2) is 9.10. The molecule has 0 saturated carbocycles. The van der Waals surface area contributed by atoms with E-state index >= 15 is 0 Å². The van der Waals surface area contributed by atoms with Crippen LogP contribution < -0.4 is 5.32 Å². The van der Waals surface area contributed by atoms with Crippen LogP contribution >= 0.6 is 11.3 Å². The van der Waals surface area contributed by atoms with Crippen molar-refractivity contribution in [3.63, 3.8) is 0 Å². The molecule has 0 unspecified atom stereocenters. The summed E-state index contributed by atoms with van der Waals surface area (Å²) in [5, 5.41) is 14.5. The Morgan fingerprint density at radius 2 is 1.86 bits per heavy atom. The molecule has 0 atom stereocenters. The number of carboxylic acids is 1. The van der Waals surface area contributed by atoms with Crippen molar-refractivity contribution in [1.82, 2.24) is 4.98 Å². The van der Waals surface area contributed by atoms with Gasteiger partial charge in [0.15, 0.2) is 5.13 Å². The van der Waals surface area contributed by atoms with Gasteiger partial charge in [-0.15, -0.1) is 11.3 Å². The van der Waals surface area contributed by atoms with Gasteiger partial charge in [0.25, 0.3) is 0 Å². The number of thiazole rings is 1. The van der Waals surface area contributed by atoms with Gasteiger partial charge < -0.3 is 10.4 Å². The molecule has 142 valence electrons. The zero-order chi connectivity index (χ0) is 19.9. The number of rotatable bonds is 7. The van der Waals surface area contributed by atoms with Crippen molar-refractivity contribution in [3.8, 4) is 0 Å². The van der Waals surface area contributed by atoms with Gasteiger partial charge in [-0.1, -0.05) is 48.5 Å². The van der Waals surface area contributed by atoms with Crippen molar-refractivity contribution in [2.75, 3.05) is 5.32 Å². The summed E-state index contributed by atoms with van der Waals surface area (Å²) in [6.07, 6.45) is 1.93. The van der Waals surface area contributed by atoms with Gasteiger partial charge in [-0.3, -0.25) is 9.79 Å². The normalized spacial score (nSPS) is 12.1. The quantitative estimate of drug-likeness (QED) is 0.530. The van der Waals surface area contributed by atoms with Crippen LogP contribution in [0.1, 0.15) is 30.7 Å². The Kier molecular flexibility index (Phi) is 6.34. The molecule has 5 nitrogen and oxygen atoms in total. The maximum Gasteiger partial charge on any atom is 0.309 e. The van der Waals surface area contributed by atoms with Crippen LogP contribution in [0.25, 0.3) is 5.70 Å². The third kappa shape index (κ3) is 5.14. The van der Waals surface area contributed by atoms with E-state index in [-0.39, 0.29) is 6.42 Å². The van der Waals surface area contributed by atoms with E-state index in [1.165, 1.54) is 11.3 Å². The fraction of sp³-hybridized carbons (Fsp3) is 0.136. The van der Waals surface area contributed by atoms with Crippen LogP contribution in [0.3, 0.4) is 0 Å². The molecule has 0 amide bonds. The minimum atomic E-state index is -0.883. The van der Waals surface area contributed by atoms with E-state index in [0.717, 1.165) is 28.2 Å². The molecular weight excluding hydrogens is 370 g/mol. The largest absolute Gasteiger partial charge is 0.481 e. The van der Waals surface area contributed by atoms with Crippen LogP contribution in [0, 0.1) is 0 Å². The molecule has 0 bridgehead atoms. The van der Waals surface area contributed by atoms with E-state index in [1.807, 2.05) is 74.5 Å².